The van der Waals surface area contributed by atoms with Crippen molar-refractivity contribution in [2.24, 2.45) is 11.8 Å². The lowest BCUT2D eigenvalue weighted by Gasteiger charge is -2.20. The van der Waals surface area contributed by atoms with Crippen LogP contribution in [0.1, 0.15) is 42.7 Å². The van der Waals surface area contributed by atoms with E-state index in [0.717, 1.165) is 42.6 Å². The number of carbonyl (C=O) groups is 2. The number of methoxy groups -OCH3 is 1. The molecule has 2 unspecified atom stereocenters. The van der Waals surface area contributed by atoms with E-state index in [-0.39, 0.29) is 35.4 Å². The molecule has 0 aromatic heterocycles. The van der Waals surface area contributed by atoms with E-state index in [0.29, 0.717) is 19.6 Å². The van der Waals surface area contributed by atoms with Gasteiger partial charge < -0.3 is 15.0 Å². The van der Waals surface area contributed by atoms with Crippen LogP contribution in [0.3, 0.4) is 0 Å². The highest BCUT2D eigenvalue weighted by molar-refractivity contribution is 5.84. The van der Waals surface area contributed by atoms with Gasteiger partial charge in [0.1, 0.15) is 11.6 Å². The summed E-state index contributed by atoms with van der Waals surface area (Å²) >= 11 is 0. The second kappa shape index (κ2) is 9.50. The highest BCUT2D eigenvalue weighted by Crippen LogP contribution is 2.37. The zero-order valence-electron chi connectivity index (χ0n) is 17.9. The first-order chi connectivity index (χ1) is 15.0. The minimum Gasteiger partial charge on any atom is -0.497 e. The lowest BCUT2D eigenvalue weighted by Crippen LogP contribution is -2.36. The van der Waals surface area contributed by atoms with Crippen LogP contribution in [0.25, 0.3) is 0 Å². The number of benzene rings is 2. The van der Waals surface area contributed by atoms with Gasteiger partial charge in [-0.05, 0) is 48.2 Å². The molecule has 2 amide bonds. The van der Waals surface area contributed by atoms with E-state index in [1.54, 1.807) is 19.2 Å². The number of hydrogen-bond donors (Lipinski definition) is 1. The molecule has 4 rings (SSSR count). The fraction of sp³-hybridized carbons (Fsp3) is 0.440. The summed E-state index contributed by atoms with van der Waals surface area (Å²) in [6.07, 6.45) is 4.09. The maximum atomic E-state index is 13.2. The first-order valence-electron chi connectivity index (χ1n) is 11.0. The molecule has 1 aliphatic heterocycles. The number of hydrogen-bond acceptors (Lipinski definition) is 3. The van der Waals surface area contributed by atoms with Gasteiger partial charge in [0.2, 0.25) is 11.8 Å². The molecule has 2 aromatic carbocycles. The Kier molecular flexibility index (Phi) is 6.54. The van der Waals surface area contributed by atoms with Crippen LogP contribution in [0.4, 0.5) is 4.39 Å². The number of carbonyl (C=O) groups excluding carboxylic acids is 2. The molecule has 2 atom stereocenters. The Bertz CT molecular complexity index is 925. The lowest BCUT2D eigenvalue weighted by molar-refractivity contribution is -0.134. The molecule has 1 saturated heterocycles. The highest BCUT2D eigenvalue weighted by Gasteiger charge is 2.42. The average Bonchev–Trinajstić information content (AvgIpc) is 3.49. The van der Waals surface area contributed by atoms with Crippen molar-refractivity contribution >= 4 is 11.8 Å². The molecular weight excluding hydrogens is 395 g/mol. The van der Waals surface area contributed by atoms with E-state index in [9.17, 15) is 14.0 Å². The monoisotopic (exact) mass is 424 g/mol. The minimum absolute atomic E-state index is 0.0844. The molecule has 1 N–H and O–H groups in total. The van der Waals surface area contributed by atoms with E-state index >= 15 is 0 Å². The van der Waals surface area contributed by atoms with Crippen molar-refractivity contribution in [3.63, 3.8) is 0 Å². The minimum atomic E-state index is -0.335. The number of likely N-dealkylation sites (tertiary alicyclic amines) is 1. The molecule has 1 heterocycles. The predicted octanol–water partition coefficient (Wildman–Crippen LogP) is 3.88. The second-order valence-electron chi connectivity index (χ2n) is 8.56. The van der Waals surface area contributed by atoms with Crippen LogP contribution in [0.15, 0.2) is 48.5 Å². The molecule has 2 fully saturated rings. The summed E-state index contributed by atoms with van der Waals surface area (Å²) in [5.41, 5.74) is 1.84. The Balaban J connectivity index is 1.51. The summed E-state index contributed by atoms with van der Waals surface area (Å²) in [5, 5.41) is 2.99. The number of ether oxygens (including phenoxy) is 1. The fourth-order valence-corrected chi connectivity index (χ4v) is 4.81. The van der Waals surface area contributed by atoms with Crippen LogP contribution in [-0.2, 0) is 16.1 Å². The molecule has 2 aromatic rings. The summed E-state index contributed by atoms with van der Waals surface area (Å²) in [7, 11) is 1.62. The Morgan fingerprint density at radius 2 is 1.84 bits per heavy atom. The van der Waals surface area contributed by atoms with Crippen LogP contribution >= 0.6 is 0 Å². The third kappa shape index (κ3) is 4.89. The van der Waals surface area contributed by atoms with Crippen LogP contribution in [0.2, 0.25) is 0 Å². The number of nitrogens with zero attached hydrogens (tertiary/aromatic N) is 1. The van der Waals surface area contributed by atoms with Crippen molar-refractivity contribution < 1.29 is 18.7 Å². The van der Waals surface area contributed by atoms with E-state index < -0.39 is 0 Å². The highest BCUT2D eigenvalue weighted by atomic mass is 19.1. The first-order valence-corrected chi connectivity index (χ1v) is 11.0. The van der Waals surface area contributed by atoms with Crippen molar-refractivity contribution in [1.82, 2.24) is 10.2 Å². The zero-order chi connectivity index (χ0) is 21.8. The largest absolute Gasteiger partial charge is 0.497 e. The molecule has 164 valence electrons. The molecule has 1 aliphatic carbocycles. The summed E-state index contributed by atoms with van der Waals surface area (Å²) in [6.45, 7) is 1.29. The van der Waals surface area contributed by atoms with E-state index in [4.69, 9.17) is 4.74 Å². The zero-order valence-corrected chi connectivity index (χ0v) is 17.9. The van der Waals surface area contributed by atoms with Crippen LogP contribution < -0.4 is 10.1 Å². The maximum Gasteiger partial charge on any atom is 0.225 e. The number of rotatable bonds is 6. The molecule has 0 spiro atoms. The van der Waals surface area contributed by atoms with Crippen molar-refractivity contribution in [1.29, 1.82) is 0 Å². The Labute approximate surface area is 182 Å². The van der Waals surface area contributed by atoms with Crippen LogP contribution in [0, 0.1) is 17.7 Å². The molecule has 1 saturated carbocycles. The Hall–Kier alpha value is -2.89. The Morgan fingerprint density at radius 1 is 1.10 bits per heavy atom. The summed E-state index contributed by atoms with van der Waals surface area (Å²) in [4.78, 5) is 28.1. The number of nitrogens with one attached hydrogen (secondary N) is 1. The van der Waals surface area contributed by atoms with Gasteiger partial charge in [-0.15, -0.1) is 0 Å². The third-order valence-corrected chi connectivity index (χ3v) is 6.57. The van der Waals surface area contributed by atoms with Gasteiger partial charge >= 0.3 is 0 Å². The van der Waals surface area contributed by atoms with Crippen molar-refractivity contribution in [3.8, 4) is 5.75 Å². The predicted molar refractivity (Wildman–Crippen MR) is 116 cm³/mol. The van der Waals surface area contributed by atoms with Crippen molar-refractivity contribution in [2.45, 2.75) is 38.1 Å². The smallest absolute Gasteiger partial charge is 0.225 e. The quantitative estimate of drug-likeness (QED) is 0.766. The van der Waals surface area contributed by atoms with E-state index in [2.05, 4.69) is 5.32 Å². The van der Waals surface area contributed by atoms with Crippen molar-refractivity contribution in [3.05, 3.63) is 65.5 Å². The van der Waals surface area contributed by atoms with Gasteiger partial charge in [0.25, 0.3) is 0 Å². The SMILES string of the molecule is COc1cccc(C2CN(C(=O)C3CCCC3)CC2C(=O)NCc2ccc(F)cc2)c1. The summed E-state index contributed by atoms with van der Waals surface area (Å²) in [6, 6.07) is 13.9. The second-order valence-corrected chi connectivity index (χ2v) is 8.56. The van der Waals surface area contributed by atoms with Gasteiger partial charge in [-0.2, -0.15) is 0 Å². The number of halogens is 1. The molecule has 6 heteroatoms. The fourth-order valence-electron chi connectivity index (χ4n) is 4.81. The van der Waals surface area contributed by atoms with Gasteiger partial charge in [-0.25, -0.2) is 4.39 Å². The standard InChI is InChI=1S/C25H29FN2O3/c1-31-21-8-4-7-19(13-21)22-15-28(25(30)18-5-2-3-6-18)16-23(22)24(29)27-14-17-9-11-20(26)12-10-17/h4,7-13,18,22-23H,2-3,5-6,14-16H2,1H3,(H,27,29). The van der Waals surface area contributed by atoms with Crippen LogP contribution in [0.5, 0.6) is 5.75 Å². The first kappa shape index (κ1) is 21.3. The number of amides is 2. The van der Waals surface area contributed by atoms with Gasteiger partial charge in [0.15, 0.2) is 0 Å². The van der Waals surface area contributed by atoms with Gasteiger partial charge in [-0.3, -0.25) is 9.59 Å². The molecular formula is C25H29FN2O3. The molecule has 31 heavy (non-hydrogen) atoms. The van der Waals surface area contributed by atoms with E-state index in [1.165, 1.54) is 12.1 Å². The van der Waals surface area contributed by atoms with Gasteiger partial charge in [-0.1, -0.05) is 37.1 Å². The molecule has 0 bridgehead atoms. The van der Waals surface area contributed by atoms with Gasteiger partial charge in [0, 0.05) is 31.5 Å². The topological polar surface area (TPSA) is 58.6 Å². The molecule has 0 radical (unpaired) electrons. The third-order valence-electron chi connectivity index (χ3n) is 6.57. The van der Waals surface area contributed by atoms with Gasteiger partial charge in [0.05, 0.1) is 13.0 Å². The summed E-state index contributed by atoms with van der Waals surface area (Å²) in [5.74, 6) is 0.199. The Morgan fingerprint density at radius 3 is 2.55 bits per heavy atom. The molecule has 5 nitrogen and oxygen atoms in total. The van der Waals surface area contributed by atoms with Crippen molar-refractivity contribution in [2.75, 3.05) is 20.2 Å². The van der Waals surface area contributed by atoms with Crippen LogP contribution in [-0.4, -0.2) is 36.9 Å². The lowest BCUT2D eigenvalue weighted by atomic mass is 9.88. The maximum absolute atomic E-state index is 13.2. The van der Waals surface area contributed by atoms with E-state index in [1.807, 2.05) is 29.2 Å². The molecule has 2 aliphatic rings. The average molecular weight is 425 g/mol. The summed E-state index contributed by atoms with van der Waals surface area (Å²) < 4.78 is 18.5. The normalized spacial score (nSPS) is 21.3.